The zero-order valence-corrected chi connectivity index (χ0v) is 14.3. The number of nitrogens with zero attached hydrogens (tertiary/aromatic N) is 2. The number of amides is 2. The number of carbonyl (C=O) groups is 2. The van der Waals surface area contributed by atoms with Gasteiger partial charge in [0.15, 0.2) is 0 Å². The average Bonchev–Trinajstić information content (AvgIpc) is 2.75. The van der Waals surface area contributed by atoms with Crippen LogP contribution < -0.4 is 4.90 Å². The van der Waals surface area contributed by atoms with Crippen LogP contribution in [0.1, 0.15) is 37.7 Å². The summed E-state index contributed by atoms with van der Waals surface area (Å²) in [5.74, 6) is -0.0697. The molecule has 2 aliphatic heterocycles. The van der Waals surface area contributed by atoms with Gasteiger partial charge in [-0.1, -0.05) is 30.5 Å². The molecule has 1 aromatic carbocycles. The van der Waals surface area contributed by atoms with Gasteiger partial charge in [-0.25, -0.2) is 0 Å². The van der Waals surface area contributed by atoms with E-state index >= 15 is 0 Å². The number of hydrogen-bond donors (Lipinski definition) is 0. The SMILES string of the molecule is Cc1ccc(N2CC(C(=O)N3CCCCCC3)CC2=O)cc1Cl. The van der Waals surface area contributed by atoms with Crippen LogP contribution in [0.4, 0.5) is 5.69 Å². The number of likely N-dealkylation sites (tertiary alicyclic amines) is 1. The highest BCUT2D eigenvalue weighted by molar-refractivity contribution is 6.31. The molecule has 124 valence electrons. The molecule has 4 nitrogen and oxygen atoms in total. The first-order valence-electron chi connectivity index (χ1n) is 8.41. The molecule has 1 unspecified atom stereocenters. The number of hydrogen-bond acceptors (Lipinski definition) is 2. The van der Waals surface area contributed by atoms with Crippen LogP contribution in [0, 0.1) is 12.8 Å². The molecule has 1 atom stereocenters. The number of rotatable bonds is 2. The molecule has 1 aromatic rings. The molecular formula is C18H23ClN2O2. The minimum absolute atomic E-state index is 0.0121. The lowest BCUT2D eigenvalue weighted by Gasteiger charge is -2.24. The van der Waals surface area contributed by atoms with Crippen LogP contribution in [0.15, 0.2) is 18.2 Å². The topological polar surface area (TPSA) is 40.6 Å². The molecule has 2 amide bonds. The molecule has 23 heavy (non-hydrogen) atoms. The Labute approximate surface area is 142 Å². The Bertz CT molecular complexity index is 609. The van der Waals surface area contributed by atoms with Crippen molar-refractivity contribution in [2.45, 2.75) is 39.0 Å². The zero-order valence-electron chi connectivity index (χ0n) is 13.6. The van der Waals surface area contributed by atoms with Gasteiger partial charge in [0.25, 0.3) is 0 Å². The van der Waals surface area contributed by atoms with Crippen LogP contribution in [0.5, 0.6) is 0 Å². The standard InChI is InChI=1S/C18H23ClN2O2/c1-13-6-7-15(11-16(13)19)21-12-14(10-17(21)22)18(23)20-8-4-2-3-5-9-20/h6-7,11,14H,2-5,8-10,12H2,1H3. The fourth-order valence-corrected chi connectivity index (χ4v) is 3.60. The second-order valence-corrected chi connectivity index (χ2v) is 6.99. The van der Waals surface area contributed by atoms with Crippen molar-refractivity contribution in [2.24, 2.45) is 5.92 Å². The highest BCUT2D eigenvalue weighted by Crippen LogP contribution is 2.30. The van der Waals surface area contributed by atoms with Gasteiger partial charge in [0.05, 0.1) is 5.92 Å². The monoisotopic (exact) mass is 334 g/mol. The van der Waals surface area contributed by atoms with E-state index in [-0.39, 0.29) is 17.7 Å². The Hall–Kier alpha value is -1.55. The third-order valence-electron chi connectivity index (χ3n) is 4.86. The van der Waals surface area contributed by atoms with Crippen LogP contribution in [-0.2, 0) is 9.59 Å². The van der Waals surface area contributed by atoms with Gasteiger partial charge in [-0.15, -0.1) is 0 Å². The molecule has 0 spiro atoms. The second-order valence-electron chi connectivity index (χ2n) is 6.58. The Morgan fingerprint density at radius 2 is 1.87 bits per heavy atom. The first kappa shape index (κ1) is 16.3. The summed E-state index contributed by atoms with van der Waals surface area (Å²) in [6.07, 6.45) is 4.84. The van der Waals surface area contributed by atoms with Crippen molar-refractivity contribution < 1.29 is 9.59 Å². The molecular weight excluding hydrogens is 312 g/mol. The summed E-state index contributed by atoms with van der Waals surface area (Å²) in [5, 5.41) is 0.651. The first-order valence-corrected chi connectivity index (χ1v) is 8.79. The van der Waals surface area contributed by atoms with Crippen LogP contribution in [0.3, 0.4) is 0 Å². The van der Waals surface area contributed by atoms with Gasteiger partial charge in [0.2, 0.25) is 11.8 Å². The minimum Gasteiger partial charge on any atom is -0.342 e. The highest BCUT2D eigenvalue weighted by Gasteiger charge is 2.37. The first-order chi connectivity index (χ1) is 11.1. The molecule has 0 saturated carbocycles. The molecule has 0 aromatic heterocycles. The van der Waals surface area contributed by atoms with Crippen molar-refractivity contribution in [3.8, 4) is 0 Å². The summed E-state index contributed by atoms with van der Waals surface area (Å²) in [5.41, 5.74) is 1.77. The number of anilines is 1. The summed E-state index contributed by atoms with van der Waals surface area (Å²) in [7, 11) is 0. The Morgan fingerprint density at radius 1 is 1.17 bits per heavy atom. The van der Waals surface area contributed by atoms with Gasteiger partial charge in [0.1, 0.15) is 0 Å². The molecule has 0 aliphatic carbocycles. The van der Waals surface area contributed by atoms with Gasteiger partial charge in [-0.3, -0.25) is 9.59 Å². The van der Waals surface area contributed by atoms with Crippen molar-refractivity contribution in [3.05, 3.63) is 28.8 Å². The largest absolute Gasteiger partial charge is 0.342 e. The lowest BCUT2D eigenvalue weighted by atomic mass is 10.1. The summed E-state index contributed by atoms with van der Waals surface area (Å²) >= 11 is 6.17. The fourth-order valence-electron chi connectivity index (χ4n) is 3.42. The van der Waals surface area contributed by atoms with E-state index in [2.05, 4.69) is 0 Å². The minimum atomic E-state index is -0.222. The number of halogens is 1. The maximum atomic E-state index is 12.7. The molecule has 0 N–H and O–H groups in total. The smallest absolute Gasteiger partial charge is 0.228 e. The Balaban J connectivity index is 1.71. The van der Waals surface area contributed by atoms with Crippen LogP contribution in [0.2, 0.25) is 5.02 Å². The van der Waals surface area contributed by atoms with Gasteiger partial charge in [-0.2, -0.15) is 0 Å². The van der Waals surface area contributed by atoms with Gasteiger partial charge < -0.3 is 9.80 Å². The Morgan fingerprint density at radius 3 is 2.52 bits per heavy atom. The van der Waals surface area contributed by atoms with Crippen LogP contribution >= 0.6 is 11.6 Å². The van der Waals surface area contributed by atoms with Crippen molar-refractivity contribution >= 4 is 29.1 Å². The van der Waals surface area contributed by atoms with E-state index in [9.17, 15) is 9.59 Å². The van der Waals surface area contributed by atoms with E-state index in [4.69, 9.17) is 11.6 Å². The van der Waals surface area contributed by atoms with E-state index in [1.165, 1.54) is 12.8 Å². The van der Waals surface area contributed by atoms with E-state index < -0.39 is 0 Å². The molecule has 2 heterocycles. The third kappa shape index (κ3) is 3.52. The van der Waals surface area contributed by atoms with E-state index in [0.717, 1.165) is 37.2 Å². The van der Waals surface area contributed by atoms with Crippen molar-refractivity contribution in [1.29, 1.82) is 0 Å². The molecule has 0 radical (unpaired) electrons. The Kier molecular flexibility index (Phi) is 4.90. The molecule has 2 saturated heterocycles. The predicted octanol–water partition coefficient (Wildman–Crippen LogP) is 3.40. The predicted molar refractivity (Wildman–Crippen MR) is 91.7 cm³/mol. The lowest BCUT2D eigenvalue weighted by molar-refractivity contribution is -0.135. The molecule has 2 fully saturated rings. The molecule has 2 aliphatic rings. The van der Waals surface area contributed by atoms with Crippen molar-refractivity contribution in [1.82, 2.24) is 4.90 Å². The van der Waals surface area contributed by atoms with Crippen molar-refractivity contribution in [2.75, 3.05) is 24.5 Å². The normalized spacial score (nSPS) is 22.3. The summed E-state index contributed by atoms with van der Waals surface area (Å²) in [6, 6.07) is 5.63. The zero-order chi connectivity index (χ0) is 16.4. The lowest BCUT2D eigenvalue weighted by Crippen LogP contribution is -2.38. The van der Waals surface area contributed by atoms with E-state index in [1.807, 2.05) is 30.0 Å². The molecule has 5 heteroatoms. The quantitative estimate of drug-likeness (QED) is 0.831. The summed E-state index contributed by atoms with van der Waals surface area (Å²) in [4.78, 5) is 28.7. The summed E-state index contributed by atoms with van der Waals surface area (Å²) in [6.45, 7) is 4.07. The van der Waals surface area contributed by atoms with Gasteiger partial charge in [0, 0.05) is 36.8 Å². The number of carbonyl (C=O) groups excluding carboxylic acids is 2. The summed E-state index contributed by atoms with van der Waals surface area (Å²) < 4.78 is 0. The third-order valence-corrected chi connectivity index (χ3v) is 5.27. The fraction of sp³-hybridized carbons (Fsp3) is 0.556. The maximum Gasteiger partial charge on any atom is 0.228 e. The van der Waals surface area contributed by atoms with E-state index in [0.29, 0.717) is 18.0 Å². The highest BCUT2D eigenvalue weighted by atomic mass is 35.5. The van der Waals surface area contributed by atoms with Gasteiger partial charge in [-0.05, 0) is 37.5 Å². The van der Waals surface area contributed by atoms with Crippen LogP contribution in [-0.4, -0.2) is 36.3 Å². The molecule has 3 rings (SSSR count). The maximum absolute atomic E-state index is 12.7. The number of aryl methyl sites for hydroxylation is 1. The average molecular weight is 335 g/mol. The number of benzene rings is 1. The molecule has 0 bridgehead atoms. The van der Waals surface area contributed by atoms with Crippen LogP contribution in [0.25, 0.3) is 0 Å². The van der Waals surface area contributed by atoms with E-state index in [1.54, 1.807) is 4.90 Å². The van der Waals surface area contributed by atoms with Gasteiger partial charge >= 0.3 is 0 Å². The second kappa shape index (κ2) is 6.91. The van der Waals surface area contributed by atoms with Crippen molar-refractivity contribution in [3.63, 3.8) is 0 Å².